The van der Waals surface area contributed by atoms with Crippen LogP contribution in [0.25, 0.3) is 0 Å². The molecule has 0 radical (unpaired) electrons. The van der Waals surface area contributed by atoms with Gasteiger partial charge in [-0.1, -0.05) is 19.1 Å². The van der Waals surface area contributed by atoms with Crippen LogP contribution in [-0.2, 0) is 0 Å². The first-order valence-electron chi connectivity index (χ1n) is 9.34. The molecular weight excluding hydrogens is 324 g/mol. The van der Waals surface area contributed by atoms with Crippen molar-refractivity contribution in [2.75, 3.05) is 26.2 Å². The lowest BCUT2D eigenvalue weighted by atomic mass is 9.75. The van der Waals surface area contributed by atoms with Gasteiger partial charge in [-0.05, 0) is 49.9 Å². The zero-order chi connectivity index (χ0) is 17.6. The van der Waals surface area contributed by atoms with Crippen molar-refractivity contribution in [2.24, 2.45) is 5.92 Å². The number of rotatable bonds is 3. The van der Waals surface area contributed by atoms with Crippen LogP contribution in [0.2, 0.25) is 0 Å². The molecule has 4 fully saturated rings. The molecule has 6 heteroatoms. The number of benzene rings is 1. The summed E-state index contributed by atoms with van der Waals surface area (Å²) in [6.45, 7) is 5.10. The molecule has 25 heavy (non-hydrogen) atoms. The van der Waals surface area contributed by atoms with E-state index in [1.807, 2.05) is 11.8 Å². The van der Waals surface area contributed by atoms with Crippen LogP contribution in [0.3, 0.4) is 0 Å². The number of hydrogen-bond acceptors (Lipinski definition) is 2. The van der Waals surface area contributed by atoms with E-state index in [4.69, 9.17) is 0 Å². The van der Waals surface area contributed by atoms with Crippen LogP contribution in [0.15, 0.2) is 18.2 Å². The molecule has 4 heterocycles. The van der Waals surface area contributed by atoms with E-state index in [-0.39, 0.29) is 24.0 Å². The van der Waals surface area contributed by atoms with Crippen LogP contribution >= 0.6 is 0 Å². The van der Waals surface area contributed by atoms with Crippen LogP contribution < -0.4 is 5.32 Å². The molecule has 4 aliphatic heterocycles. The van der Waals surface area contributed by atoms with E-state index < -0.39 is 11.6 Å². The van der Waals surface area contributed by atoms with Crippen LogP contribution in [0.5, 0.6) is 0 Å². The topological polar surface area (TPSA) is 35.6 Å². The number of fused-ring (bicyclic) bond motifs is 2. The maximum Gasteiger partial charge on any atom is 0.317 e. The number of carbonyl (C=O) groups excluding carboxylic acids is 1. The molecule has 4 saturated heterocycles. The fourth-order valence-corrected chi connectivity index (χ4v) is 5.07. The first-order chi connectivity index (χ1) is 12.1. The Morgan fingerprint density at radius 2 is 2.00 bits per heavy atom. The molecule has 1 N–H and O–H groups in total. The SMILES string of the molecule is CCCNC(=O)N1C[C@@H](c2cccc(F)c2F)[C@@H]2[C@H]1C1CCN2CC1. The summed E-state index contributed by atoms with van der Waals surface area (Å²) in [7, 11) is 0. The minimum Gasteiger partial charge on any atom is -0.338 e. The molecule has 5 rings (SSSR count). The molecule has 2 amide bonds. The molecule has 136 valence electrons. The summed E-state index contributed by atoms with van der Waals surface area (Å²) in [5.41, 5.74) is 0.411. The molecule has 4 nitrogen and oxygen atoms in total. The fourth-order valence-electron chi connectivity index (χ4n) is 5.07. The molecule has 4 aliphatic rings. The van der Waals surface area contributed by atoms with Gasteiger partial charge >= 0.3 is 6.03 Å². The van der Waals surface area contributed by atoms with Crippen molar-refractivity contribution < 1.29 is 13.6 Å². The van der Waals surface area contributed by atoms with Gasteiger partial charge in [-0.25, -0.2) is 13.6 Å². The Morgan fingerprint density at radius 3 is 2.72 bits per heavy atom. The normalized spacial score (nSPS) is 33.4. The zero-order valence-corrected chi connectivity index (χ0v) is 14.5. The number of nitrogens with one attached hydrogen (secondary N) is 1. The summed E-state index contributed by atoms with van der Waals surface area (Å²) < 4.78 is 28.3. The average Bonchev–Trinajstić information content (AvgIpc) is 3.06. The van der Waals surface area contributed by atoms with Crippen molar-refractivity contribution in [1.29, 1.82) is 0 Å². The monoisotopic (exact) mass is 349 g/mol. The van der Waals surface area contributed by atoms with Gasteiger partial charge in [-0.2, -0.15) is 0 Å². The summed E-state index contributed by atoms with van der Waals surface area (Å²) in [4.78, 5) is 17.0. The number of urea groups is 1. The van der Waals surface area contributed by atoms with Crippen molar-refractivity contribution in [2.45, 2.75) is 44.2 Å². The van der Waals surface area contributed by atoms with Gasteiger partial charge in [0, 0.05) is 25.0 Å². The third-order valence-electron chi connectivity index (χ3n) is 6.16. The Bertz CT molecular complexity index is 660. The molecule has 3 atom stereocenters. The van der Waals surface area contributed by atoms with Gasteiger partial charge in [0.15, 0.2) is 11.6 Å². The van der Waals surface area contributed by atoms with Gasteiger partial charge in [0.25, 0.3) is 0 Å². The van der Waals surface area contributed by atoms with Crippen molar-refractivity contribution >= 4 is 6.03 Å². The Morgan fingerprint density at radius 1 is 1.24 bits per heavy atom. The highest BCUT2D eigenvalue weighted by atomic mass is 19.2. The molecular formula is C19H25F2N3O. The standard InChI is InChI=1S/C19H25F2N3O/c1-2-8-22-19(25)24-11-14(13-4-3-5-15(20)16(13)21)18-17(24)12-6-9-23(18)10-7-12/h3-5,12,14,17-18H,2,6-11H2,1H3,(H,22,25)/t14-,17+,18+/m0/s1. The van der Waals surface area contributed by atoms with Crippen molar-refractivity contribution in [3.05, 3.63) is 35.4 Å². The van der Waals surface area contributed by atoms with Crippen LogP contribution in [-0.4, -0.2) is 54.1 Å². The number of nitrogens with zero attached hydrogens (tertiary/aromatic N) is 2. The highest BCUT2D eigenvalue weighted by Gasteiger charge is 2.55. The van der Waals surface area contributed by atoms with Gasteiger partial charge in [-0.15, -0.1) is 0 Å². The number of amides is 2. The Hall–Kier alpha value is -1.69. The van der Waals surface area contributed by atoms with E-state index in [0.29, 0.717) is 24.6 Å². The lowest BCUT2D eigenvalue weighted by molar-refractivity contribution is 0.00332. The Labute approximate surface area is 147 Å². The smallest absolute Gasteiger partial charge is 0.317 e. The number of piperidine rings is 3. The lowest BCUT2D eigenvalue weighted by Crippen LogP contribution is -2.61. The highest BCUT2D eigenvalue weighted by Crippen LogP contribution is 2.47. The second-order valence-corrected chi connectivity index (χ2v) is 7.49. The Balaban J connectivity index is 1.68. The summed E-state index contributed by atoms with van der Waals surface area (Å²) in [6.07, 6.45) is 3.04. The van der Waals surface area contributed by atoms with E-state index in [0.717, 1.165) is 38.4 Å². The number of hydrogen-bond donors (Lipinski definition) is 1. The lowest BCUT2D eigenvalue weighted by Gasteiger charge is -2.51. The highest BCUT2D eigenvalue weighted by molar-refractivity contribution is 5.75. The third kappa shape index (κ3) is 2.71. The predicted octanol–water partition coefficient (Wildman–Crippen LogP) is 2.95. The third-order valence-corrected chi connectivity index (χ3v) is 6.16. The summed E-state index contributed by atoms with van der Waals surface area (Å²) >= 11 is 0. The second-order valence-electron chi connectivity index (χ2n) is 7.49. The van der Waals surface area contributed by atoms with Crippen LogP contribution in [0, 0.1) is 17.6 Å². The number of halogens is 2. The van der Waals surface area contributed by atoms with E-state index >= 15 is 0 Å². The summed E-state index contributed by atoms with van der Waals surface area (Å²) in [5.74, 6) is -1.27. The number of carbonyl (C=O) groups is 1. The van der Waals surface area contributed by atoms with E-state index in [1.165, 1.54) is 0 Å². The minimum absolute atomic E-state index is 0.0649. The van der Waals surface area contributed by atoms with E-state index in [1.54, 1.807) is 12.1 Å². The van der Waals surface area contributed by atoms with Gasteiger partial charge < -0.3 is 10.2 Å². The maximum atomic E-state index is 14.5. The first-order valence-corrected chi connectivity index (χ1v) is 9.34. The summed E-state index contributed by atoms with van der Waals surface area (Å²) in [5, 5.41) is 2.97. The van der Waals surface area contributed by atoms with Gasteiger partial charge in [0.2, 0.25) is 0 Å². The predicted molar refractivity (Wildman–Crippen MR) is 91.4 cm³/mol. The van der Waals surface area contributed by atoms with Crippen molar-refractivity contribution in [3.8, 4) is 0 Å². The molecule has 2 bridgehead atoms. The van der Waals surface area contributed by atoms with Gasteiger partial charge in [0.1, 0.15) is 0 Å². The summed E-state index contributed by atoms with van der Waals surface area (Å²) in [6, 6.07) is 4.54. The molecule has 0 unspecified atom stereocenters. The molecule has 0 saturated carbocycles. The minimum atomic E-state index is -0.807. The molecule has 0 aromatic heterocycles. The van der Waals surface area contributed by atoms with Crippen molar-refractivity contribution in [3.63, 3.8) is 0 Å². The maximum absolute atomic E-state index is 14.5. The van der Waals surface area contributed by atoms with Gasteiger partial charge in [-0.3, -0.25) is 4.90 Å². The average molecular weight is 349 g/mol. The van der Waals surface area contributed by atoms with Crippen LogP contribution in [0.4, 0.5) is 13.6 Å². The van der Waals surface area contributed by atoms with Crippen LogP contribution in [0.1, 0.15) is 37.7 Å². The fraction of sp³-hybridized carbons (Fsp3) is 0.632. The Kier molecular flexibility index (Phi) is 4.40. The largest absolute Gasteiger partial charge is 0.338 e. The van der Waals surface area contributed by atoms with Gasteiger partial charge in [0.05, 0.1) is 6.04 Å². The zero-order valence-electron chi connectivity index (χ0n) is 14.5. The molecule has 0 aliphatic carbocycles. The molecule has 1 aromatic rings. The van der Waals surface area contributed by atoms with Crippen molar-refractivity contribution in [1.82, 2.24) is 15.1 Å². The molecule has 1 aromatic carbocycles. The second kappa shape index (κ2) is 6.56. The molecule has 0 spiro atoms. The quantitative estimate of drug-likeness (QED) is 0.911. The van der Waals surface area contributed by atoms with E-state index in [9.17, 15) is 13.6 Å². The van der Waals surface area contributed by atoms with E-state index in [2.05, 4.69) is 10.2 Å². The first kappa shape index (κ1) is 16.8. The number of likely N-dealkylation sites (tertiary alicyclic amines) is 1.